The van der Waals surface area contributed by atoms with Gasteiger partial charge in [0.1, 0.15) is 0 Å². The molecular weight excluding hydrogens is 335 g/mol. The zero-order valence-corrected chi connectivity index (χ0v) is 18.6. The fraction of sp³-hybridized carbons (Fsp3) is 0.944. The minimum atomic E-state index is -1.65. The number of aliphatic hydroxyl groups excluding tert-OH is 3. The first kappa shape index (κ1) is 27.2. The van der Waals surface area contributed by atoms with Gasteiger partial charge in [-0.3, -0.25) is 0 Å². The SMILES string of the molecule is O=C(O)C(O)C(O)CCCCCCCCCCCCCCCO.[H-].[K+]. The average molecular weight is 373 g/mol. The van der Waals surface area contributed by atoms with Crippen LogP contribution in [0, 0.1) is 0 Å². The summed E-state index contributed by atoms with van der Waals surface area (Å²) in [6.45, 7) is 0.319. The van der Waals surface area contributed by atoms with Crippen LogP contribution in [0.1, 0.15) is 91.3 Å². The summed E-state index contributed by atoms with van der Waals surface area (Å²) < 4.78 is 0. The zero-order chi connectivity index (χ0) is 17.3. The predicted octanol–water partition coefficient (Wildman–Crippen LogP) is 0.363. The summed E-state index contributed by atoms with van der Waals surface area (Å²) >= 11 is 0. The van der Waals surface area contributed by atoms with E-state index in [-0.39, 0.29) is 52.8 Å². The molecule has 2 atom stereocenters. The number of aliphatic carboxylic acids is 1. The summed E-state index contributed by atoms with van der Waals surface area (Å²) in [4.78, 5) is 10.5. The maximum Gasteiger partial charge on any atom is 1.00 e. The Bertz CT molecular complexity index is 282. The maximum atomic E-state index is 10.5. The molecule has 2 unspecified atom stereocenters. The molecule has 0 radical (unpaired) electrons. The summed E-state index contributed by atoms with van der Waals surface area (Å²) in [7, 11) is 0. The molecule has 0 rings (SSSR count). The molecule has 24 heavy (non-hydrogen) atoms. The quantitative estimate of drug-likeness (QED) is 0.218. The Morgan fingerprint density at radius 2 is 1.04 bits per heavy atom. The van der Waals surface area contributed by atoms with Crippen LogP contribution in [0.3, 0.4) is 0 Å². The third kappa shape index (κ3) is 17.8. The van der Waals surface area contributed by atoms with Crippen LogP contribution in [0.25, 0.3) is 0 Å². The minimum absolute atomic E-state index is 0. The second-order valence-electron chi connectivity index (χ2n) is 6.46. The van der Waals surface area contributed by atoms with Crippen LogP contribution < -0.4 is 51.4 Å². The number of unbranched alkanes of at least 4 members (excludes halogenated alkanes) is 12. The van der Waals surface area contributed by atoms with Crippen LogP contribution in [-0.2, 0) is 4.79 Å². The number of carboxylic acids is 1. The van der Waals surface area contributed by atoms with Gasteiger partial charge in [0.25, 0.3) is 0 Å². The maximum absolute atomic E-state index is 10.5. The molecule has 0 fully saturated rings. The smallest absolute Gasteiger partial charge is 1.00 e. The summed E-state index contributed by atoms with van der Waals surface area (Å²) in [5.41, 5.74) is 0. The molecule has 0 aliphatic rings. The van der Waals surface area contributed by atoms with Crippen molar-refractivity contribution in [1.82, 2.24) is 0 Å². The second kappa shape index (κ2) is 20.3. The fourth-order valence-electron chi connectivity index (χ4n) is 2.73. The van der Waals surface area contributed by atoms with E-state index in [1.165, 1.54) is 51.4 Å². The van der Waals surface area contributed by atoms with Crippen molar-refractivity contribution < 1.29 is 78.0 Å². The van der Waals surface area contributed by atoms with Gasteiger partial charge in [-0.15, -0.1) is 0 Å². The molecule has 0 heterocycles. The Balaban J connectivity index is -0.00000242. The van der Waals surface area contributed by atoms with Gasteiger partial charge in [-0.05, 0) is 12.8 Å². The molecule has 0 aliphatic heterocycles. The van der Waals surface area contributed by atoms with Gasteiger partial charge in [-0.2, -0.15) is 0 Å². The van der Waals surface area contributed by atoms with Gasteiger partial charge in [0.2, 0.25) is 0 Å². The average Bonchev–Trinajstić information content (AvgIpc) is 2.54. The molecule has 0 aromatic carbocycles. The van der Waals surface area contributed by atoms with Crippen LogP contribution in [0.5, 0.6) is 0 Å². The molecule has 4 N–H and O–H groups in total. The Morgan fingerprint density at radius 1 is 0.708 bits per heavy atom. The summed E-state index contributed by atoms with van der Waals surface area (Å²) in [6, 6.07) is 0. The molecule has 6 heteroatoms. The third-order valence-electron chi connectivity index (χ3n) is 4.28. The summed E-state index contributed by atoms with van der Waals surface area (Å²) in [5.74, 6) is -1.36. The summed E-state index contributed by atoms with van der Waals surface area (Å²) in [6.07, 6.45) is 12.6. The van der Waals surface area contributed by atoms with E-state index >= 15 is 0 Å². The van der Waals surface area contributed by atoms with E-state index in [0.29, 0.717) is 13.0 Å². The number of carboxylic acid groups (broad SMARTS) is 1. The second-order valence-corrected chi connectivity index (χ2v) is 6.46. The topological polar surface area (TPSA) is 98.0 Å². The number of carbonyl (C=O) groups is 1. The van der Waals surface area contributed by atoms with Crippen molar-refractivity contribution in [2.75, 3.05) is 6.61 Å². The Hall–Kier alpha value is 0.986. The van der Waals surface area contributed by atoms with Gasteiger partial charge in [-0.25, -0.2) is 4.79 Å². The van der Waals surface area contributed by atoms with Gasteiger partial charge in [0, 0.05) is 6.61 Å². The van der Waals surface area contributed by atoms with E-state index in [2.05, 4.69) is 0 Å². The Labute approximate surface area is 191 Å². The molecule has 0 saturated carbocycles. The third-order valence-corrected chi connectivity index (χ3v) is 4.28. The van der Waals surface area contributed by atoms with Crippen molar-refractivity contribution in [3.05, 3.63) is 0 Å². The van der Waals surface area contributed by atoms with Crippen molar-refractivity contribution in [3.8, 4) is 0 Å². The molecule has 0 saturated heterocycles. The monoisotopic (exact) mass is 372 g/mol. The van der Waals surface area contributed by atoms with Gasteiger partial charge in [0.15, 0.2) is 6.10 Å². The van der Waals surface area contributed by atoms with Crippen LogP contribution in [0.2, 0.25) is 0 Å². The number of hydrogen-bond acceptors (Lipinski definition) is 4. The van der Waals surface area contributed by atoms with E-state index in [0.717, 1.165) is 32.1 Å². The molecule has 140 valence electrons. The molecule has 0 spiro atoms. The number of rotatable bonds is 17. The van der Waals surface area contributed by atoms with Crippen LogP contribution >= 0.6 is 0 Å². The molecule has 0 aliphatic carbocycles. The first-order valence-corrected chi connectivity index (χ1v) is 9.29. The molecule has 0 aromatic rings. The zero-order valence-electron chi connectivity index (χ0n) is 16.5. The molecule has 0 amide bonds. The number of hydrogen-bond donors (Lipinski definition) is 4. The molecule has 0 bridgehead atoms. The van der Waals surface area contributed by atoms with E-state index in [1.54, 1.807) is 0 Å². The minimum Gasteiger partial charge on any atom is -1.00 e. The molecule has 5 nitrogen and oxygen atoms in total. The first-order chi connectivity index (χ1) is 11.1. The standard InChI is InChI=1S/C18H36O5.K.H/c19-15-13-11-9-7-5-3-1-2-4-6-8-10-12-14-16(20)17(21)18(22)23;;/h16-17,19-21H,1-15H2,(H,22,23);;/q;+1;-1. The molecule has 0 aromatic heterocycles. The molecular formula is C18H37KO5. The Morgan fingerprint density at radius 3 is 1.38 bits per heavy atom. The Kier molecular flexibility index (Phi) is 23.0. The van der Waals surface area contributed by atoms with E-state index in [1.807, 2.05) is 0 Å². The van der Waals surface area contributed by atoms with Gasteiger partial charge < -0.3 is 21.9 Å². The van der Waals surface area contributed by atoms with Crippen molar-refractivity contribution in [1.29, 1.82) is 0 Å². The summed E-state index contributed by atoms with van der Waals surface area (Å²) in [5, 5.41) is 35.8. The fourth-order valence-corrected chi connectivity index (χ4v) is 2.73. The van der Waals surface area contributed by atoms with Crippen molar-refractivity contribution in [2.45, 2.75) is 102 Å². The van der Waals surface area contributed by atoms with Crippen molar-refractivity contribution in [2.24, 2.45) is 0 Å². The van der Waals surface area contributed by atoms with Crippen LogP contribution in [0.15, 0.2) is 0 Å². The van der Waals surface area contributed by atoms with Crippen LogP contribution in [-0.4, -0.2) is 45.2 Å². The predicted molar refractivity (Wildman–Crippen MR) is 92.5 cm³/mol. The van der Waals surface area contributed by atoms with Gasteiger partial charge in [0.05, 0.1) is 6.10 Å². The van der Waals surface area contributed by atoms with Crippen molar-refractivity contribution >= 4 is 5.97 Å². The van der Waals surface area contributed by atoms with Gasteiger partial charge in [-0.1, -0.05) is 77.0 Å². The van der Waals surface area contributed by atoms with E-state index < -0.39 is 18.2 Å². The van der Waals surface area contributed by atoms with E-state index in [9.17, 15) is 9.90 Å². The van der Waals surface area contributed by atoms with Crippen LogP contribution in [0.4, 0.5) is 0 Å². The number of aliphatic hydroxyl groups is 3. The van der Waals surface area contributed by atoms with Crippen molar-refractivity contribution in [3.63, 3.8) is 0 Å². The normalized spacial score (nSPS) is 13.3. The van der Waals surface area contributed by atoms with E-state index in [4.69, 9.17) is 15.3 Å². The first-order valence-electron chi connectivity index (χ1n) is 9.29. The van der Waals surface area contributed by atoms with Gasteiger partial charge >= 0.3 is 57.4 Å². The largest absolute Gasteiger partial charge is 1.00 e.